The quantitative estimate of drug-likeness (QED) is 0.432. The number of nitrogens with zero attached hydrogens (tertiary/aromatic N) is 2. The average molecular weight is 640 g/mol. The van der Waals surface area contributed by atoms with Crippen LogP contribution < -0.4 is 17.0 Å². The molecule has 1 aliphatic carbocycles. The first-order chi connectivity index (χ1) is 19.3. The Balaban J connectivity index is 1.75. The van der Waals surface area contributed by atoms with Crippen molar-refractivity contribution in [3.05, 3.63) is 66.5 Å². The van der Waals surface area contributed by atoms with Gasteiger partial charge in [0.15, 0.2) is 9.84 Å². The molecule has 9 nitrogen and oxygen atoms in total. The van der Waals surface area contributed by atoms with Crippen LogP contribution in [0, 0.1) is 5.92 Å². The molecule has 15 heteroatoms. The molecule has 226 valence electrons. The van der Waals surface area contributed by atoms with E-state index in [4.69, 9.17) is 33.7 Å². The number of aromatic amines is 1. The number of alkyl halides is 3. The van der Waals surface area contributed by atoms with Crippen LogP contribution in [0.15, 0.2) is 38.3 Å². The van der Waals surface area contributed by atoms with Gasteiger partial charge in [-0.05, 0) is 55.1 Å². The van der Waals surface area contributed by atoms with Gasteiger partial charge >= 0.3 is 11.9 Å². The Hall–Kier alpha value is -2.16. The first-order valence-electron chi connectivity index (χ1n) is 13.1. The summed E-state index contributed by atoms with van der Waals surface area (Å²) in [5, 5.41) is -0.157. The first-order valence-corrected chi connectivity index (χ1v) is 15.5. The zero-order chi connectivity index (χ0) is 30.1. The Labute approximate surface area is 245 Å². The maximum Gasteiger partial charge on any atom is 0.395 e. The lowest BCUT2D eigenvalue weighted by molar-refractivity contribution is -0.165. The summed E-state index contributed by atoms with van der Waals surface area (Å²) in [6.07, 6.45) is -4.14. The van der Waals surface area contributed by atoms with E-state index in [0.717, 1.165) is 6.42 Å². The molecule has 41 heavy (non-hydrogen) atoms. The maximum absolute atomic E-state index is 14.4. The first kappa shape index (κ1) is 31.8. The summed E-state index contributed by atoms with van der Waals surface area (Å²) < 4.78 is 74.7. The number of sulfone groups is 1. The number of ether oxygens (including phenoxy) is 1. The minimum atomic E-state index is -4.72. The zero-order valence-corrected chi connectivity index (χ0v) is 24.6. The van der Waals surface area contributed by atoms with E-state index in [-0.39, 0.29) is 55.7 Å². The number of hydrogen-bond donors (Lipinski definition) is 2. The second-order valence-corrected chi connectivity index (χ2v) is 13.2. The summed E-state index contributed by atoms with van der Waals surface area (Å²) in [6, 6.07) is 3.94. The molecule has 0 bridgehead atoms. The van der Waals surface area contributed by atoms with Crippen LogP contribution in [0.2, 0.25) is 5.02 Å². The highest BCUT2D eigenvalue weighted by Gasteiger charge is 2.47. The van der Waals surface area contributed by atoms with E-state index in [9.17, 15) is 31.2 Å². The summed E-state index contributed by atoms with van der Waals surface area (Å²) in [7, 11) is -3.76. The summed E-state index contributed by atoms with van der Waals surface area (Å²) in [5.41, 5.74) is 3.05. The molecule has 0 radical (unpaired) electrons. The van der Waals surface area contributed by atoms with Gasteiger partial charge in [0.05, 0.1) is 46.5 Å². The van der Waals surface area contributed by atoms with Crippen LogP contribution >= 0.6 is 23.2 Å². The van der Waals surface area contributed by atoms with Gasteiger partial charge in [0.25, 0.3) is 5.56 Å². The molecule has 2 heterocycles. The Kier molecular flexibility index (Phi) is 9.76. The minimum Gasteiger partial charge on any atom is -0.376 e. The van der Waals surface area contributed by atoms with E-state index in [1.165, 1.54) is 25.1 Å². The fourth-order valence-corrected chi connectivity index (χ4v) is 6.99. The van der Waals surface area contributed by atoms with Crippen LogP contribution in [-0.4, -0.2) is 73.7 Å². The van der Waals surface area contributed by atoms with Crippen molar-refractivity contribution in [2.45, 2.75) is 49.9 Å². The van der Waals surface area contributed by atoms with Crippen molar-refractivity contribution in [1.82, 2.24) is 14.5 Å². The number of likely N-dealkylation sites (tertiary alicyclic amines) is 1. The van der Waals surface area contributed by atoms with Crippen molar-refractivity contribution in [1.29, 1.82) is 0 Å². The third kappa shape index (κ3) is 6.91. The third-order valence-electron chi connectivity index (χ3n) is 7.40. The lowest BCUT2D eigenvalue weighted by atomic mass is 9.84. The van der Waals surface area contributed by atoms with Crippen molar-refractivity contribution in [2.75, 3.05) is 38.5 Å². The lowest BCUT2D eigenvalue weighted by Crippen LogP contribution is -2.45. The topological polar surface area (TPSA) is 127 Å². The Morgan fingerprint density at radius 2 is 1.93 bits per heavy atom. The van der Waals surface area contributed by atoms with Gasteiger partial charge in [-0.3, -0.25) is 14.3 Å². The molecule has 1 saturated heterocycles. The average Bonchev–Trinajstić information content (AvgIpc) is 2.91. The smallest absolute Gasteiger partial charge is 0.376 e. The highest BCUT2D eigenvalue weighted by molar-refractivity contribution is 7.91. The standard InChI is InChI=1S/C26H31Cl2F3N4O5S/c1-2-41(38,39)21-6-5-16(27)10-15(21)12-35-24(36)18-11-20(26(29,30)31)19(22(28)23(18)33-25(35)37)14-34-8-3-4-17(13-34)40-9-7-32/h5-6,10,17,20H,2-4,7-9,11-14,32H2,1H3,(H,33,37)/t17-,20?/m0/s1. The van der Waals surface area contributed by atoms with Crippen molar-refractivity contribution in [2.24, 2.45) is 11.7 Å². The van der Waals surface area contributed by atoms with E-state index in [1.54, 1.807) is 0 Å². The number of H-pyrrole nitrogens is 1. The van der Waals surface area contributed by atoms with Gasteiger partial charge in [0.2, 0.25) is 0 Å². The van der Waals surface area contributed by atoms with Crippen molar-refractivity contribution in [3.63, 3.8) is 0 Å². The SMILES string of the molecule is CCS(=O)(=O)c1ccc(Cl)cc1Cn1c(=O)[nH]c2c(c1=O)CC(C(F)(F)F)C(CN1CCC[C@H](OCCN)C1)=C2Cl. The maximum atomic E-state index is 14.4. The fraction of sp³-hybridized carbons (Fsp3) is 0.538. The van der Waals surface area contributed by atoms with Crippen LogP contribution in [-0.2, 0) is 27.5 Å². The molecular formula is C26H31Cl2F3N4O5S. The molecule has 2 atom stereocenters. The van der Waals surface area contributed by atoms with E-state index >= 15 is 0 Å². The molecule has 3 N–H and O–H groups in total. The van der Waals surface area contributed by atoms with Crippen LogP contribution in [0.25, 0.3) is 5.03 Å². The second-order valence-electron chi connectivity index (χ2n) is 10.1. The monoisotopic (exact) mass is 638 g/mol. The number of rotatable bonds is 9. The number of nitrogens with two attached hydrogens (primary N) is 1. The van der Waals surface area contributed by atoms with Crippen LogP contribution in [0.4, 0.5) is 13.2 Å². The van der Waals surface area contributed by atoms with Crippen molar-refractivity contribution < 1.29 is 26.3 Å². The molecule has 1 aliphatic heterocycles. The summed E-state index contributed by atoms with van der Waals surface area (Å²) in [4.78, 5) is 30.7. The summed E-state index contributed by atoms with van der Waals surface area (Å²) in [5.74, 6) is -2.30. The fourth-order valence-electron chi connectivity index (χ4n) is 5.34. The second kappa shape index (κ2) is 12.6. The van der Waals surface area contributed by atoms with Crippen molar-refractivity contribution >= 4 is 38.1 Å². The van der Waals surface area contributed by atoms with Gasteiger partial charge in [-0.25, -0.2) is 13.2 Å². The van der Waals surface area contributed by atoms with Gasteiger partial charge in [0.1, 0.15) is 0 Å². The Morgan fingerprint density at radius 1 is 1.20 bits per heavy atom. The van der Waals surface area contributed by atoms with Crippen LogP contribution in [0.5, 0.6) is 0 Å². The van der Waals surface area contributed by atoms with Gasteiger partial charge in [-0.15, -0.1) is 0 Å². The molecule has 1 fully saturated rings. The van der Waals surface area contributed by atoms with E-state index in [2.05, 4.69) is 4.98 Å². The van der Waals surface area contributed by atoms with Crippen molar-refractivity contribution in [3.8, 4) is 0 Å². The highest BCUT2D eigenvalue weighted by Crippen LogP contribution is 2.43. The minimum absolute atomic E-state index is 0.0638. The largest absolute Gasteiger partial charge is 0.395 e. The number of nitrogens with one attached hydrogen (secondary N) is 1. The molecule has 2 aromatic rings. The van der Waals surface area contributed by atoms with E-state index < -0.39 is 46.1 Å². The molecule has 0 amide bonds. The third-order valence-corrected chi connectivity index (χ3v) is 9.90. The highest BCUT2D eigenvalue weighted by atomic mass is 35.5. The molecule has 1 unspecified atom stereocenters. The zero-order valence-electron chi connectivity index (χ0n) is 22.3. The van der Waals surface area contributed by atoms with Gasteiger partial charge in [0, 0.05) is 30.2 Å². The van der Waals surface area contributed by atoms with Crippen LogP contribution in [0.3, 0.4) is 0 Å². The molecule has 0 saturated carbocycles. The van der Waals surface area contributed by atoms with Gasteiger partial charge in [-0.2, -0.15) is 13.2 Å². The van der Waals surface area contributed by atoms with E-state index in [0.29, 0.717) is 37.2 Å². The molecule has 1 aromatic heterocycles. The molecule has 2 aliphatic rings. The van der Waals surface area contributed by atoms with E-state index in [1.807, 2.05) is 4.90 Å². The lowest BCUT2D eigenvalue weighted by Gasteiger charge is -2.36. The normalized spacial score (nSPS) is 20.4. The number of benzene rings is 1. The number of hydrogen-bond acceptors (Lipinski definition) is 7. The summed E-state index contributed by atoms with van der Waals surface area (Å²) in [6.45, 7) is 2.41. The number of aromatic nitrogens is 2. The van der Waals surface area contributed by atoms with Gasteiger partial charge < -0.3 is 15.5 Å². The number of piperidine rings is 1. The van der Waals surface area contributed by atoms with Crippen LogP contribution in [0.1, 0.15) is 36.6 Å². The predicted octanol–water partition coefficient (Wildman–Crippen LogP) is 3.16. The molecular weight excluding hydrogens is 608 g/mol. The molecule has 4 rings (SSSR count). The summed E-state index contributed by atoms with van der Waals surface area (Å²) >= 11 is 12.6. The number of fused-ring (bicyclic) bond motifs is 1. The number of halogens is 5. The Bertz CT molecular complexity index is 1560. The molecule has 1 aromatic carbocycles. The Morgan fingerprint density at radius 3 is 2.59 bits per heavy atom. The predicted molar refractivity (Wildman–Crippen MR) is 150 cm³/mol. The molecule has 0 spiro atoms. The van der Waals surface area contributed by atoms with Gasteiger partial charge in [-0.1, -0.05) is 30.1 Å².